The number of nitrogens with zero attached hydrogens (tertiary/aromatic N) is 1. The van der Waals surface area contributed by atoms with Gasteiger partial charge in [-0.15, -0.1) is 0 Å². The number of Topliss-reactive ketones (excluding diaryl/α,β-unsaturated/α-hetero) is 1. The number of ketones is 1. The Balaban J connectivity index is 4.44. The van der Waals surface area contributed by atoms with E-state index in [1.165, 1.54) is 6.08 Å². The third kappa shape index (κ3) is 5.35. The van der Waals surface area contributed by atoms with Crippen molar-refractivity contribution in [3.05, 3.63) is 12.7 Å². The highest BCUT2D eigenvalue weighted by Gasteiger charge is 2.17. The maximum Gasteiger partial charge on any atom is 0.246 e. The Kier molecular flexibility index (Phi) is 5.90. The summed E-state index contributed by atoms with van der Waals surface area (Å²) in [5.41, 5.74) is 0. The van der Waals surface area contributed by atoms with Gasteiger partial charge in [-0.2, -0.15) is 0 Å². The summed E-state index contributed by atoms with van der Waals surface area (Å²) >= 11 is 0. The summed E-state index contributed by atoms with van der Waals surface area (Å²) in [6.07, 6.45) is 1.26. The van der Waals surface area contributed by atoms with E-state index >= 15 is 0 Å². The van der Waals surface area contributed by atoms with Crippen molar-refractivity contribution in [3.8, 4) is 0 Å². The highest BCUT2D eigenvalue weighted by Crippen LogP contribution is 2.03. The second kappa shape index (κ2) is 6.38. The monoisotopic (exact) mass is 211 g/mol. The van der Waals surface area contributed by atoms with Crippen LogP contribution in [0, 0.1) is 11.8 Å². The summed E-state index contributed by atoms with van der Waals surface area (Å²) < 4.78 is 0. The smallest absolute Gasteiger partial charge is 0.246 e. The van der Waals surface area contributed by atoms with E-state index in [4.69, 9.17) is 0 Å². The molecule has 0 N–H and O–H groups in total. The van der Waals surface area contributed by atoms with E-state index < -0.39 is 0 Å². The molecule has 0 aliphatic carbocycles. The topological polar surface area (TPSA) is 37.4 Å². The Hall–Kier alpha value is -1.12. The van der Waals surface area contributed by atoms with Crippen molar-refractivity contribution in [1.82, 2.24) is 4.90 Å². The minimum absolute atomic E-state index is 0.0303. The van der Waals surface area contributed by atoms with Crippen LogP contribution in [0.1, 0.15) is 27.7 Å². The zero-order valence-electron chi connectivity index (χ0n) is 10.1. The summed E-state index contributed by atoms with van der Waals surface area (Å²) in [7, 11) is 0. The summed E-state index contributed by atoms with van der Waals surface area (Å²) in [5.74, 6) is 0.245. The van der Waals surface area contributed by atoms with E-state index in [1.54, 1.807) is 4.90 Å². The predicted octanol–water partition coefficient (Wildman–Crippen LogP) is 1.88. The van der Waals surface area contributed by atoms with Gasteiger partial charge in [-0.3, -0.25) is 9.59 Å². The highest BCUT2D eigenvalue weighted by atomic mass is 16.2. The first kappa shape index (κ1) is 13.9. The minimum atomic E-state index is -0.169. The molecule has 0 saturated carbocycles. The zero-order chi connectivity index (χ0) is 12.0. The van der Waals surface area contributed by atoms with Crippen LogP contribution in [0.25, 0.3) is 0 Å². The number of amides is 1. The fourth-order valence-corrected chi connectivity index (χ4v) is 1.17. The molecule has 0 aromatic heterocycles. The largest absolute Gasteiger partial charge is 0.332 e. The van der Waals surface area contributed by atoms with Gasteiger partial charge in [0.05, 0.1) is 6.54 Å². The van der Waals surface area contributed by atoms with Crippen molar-refractivity contribution in [2.24, 2.45) is 11.8 Å². The van der Waals surface area contributed by atoms with Crippen molar-refractivity contribution in [3.63, 3.8) is 0 Å². The molecule has 3 heteroatoms. The lowest BCUT2D eigenvalue weighted by Crippen LogP contribution is -2.38. The second-order valence-corrected chi connectivity index (χ2v) is 4.44. The predicted molar refractivity (Wildman–Crippen MR) is 61.5 cm³/mol. The quantitative estimate of drug-likeness (QED) is 0.629. The maximum absolute atomic E-state index is 11.5. The molecule has 0 bridgehead atoms. The number of hydrogen-bond acceptors (Lipinski definition) is 2. The van der Waals surface area contributed by atoms with E-state index in [9.17, 15) is 9.59 Å². The highest BCUT2D eigenvalue weighted by molar-refractivity contribution is 5.92. The van der Waals surface area contributed by atoms with Crippen LogP contribution in [-0.2, 0) is 9.59 Å². The molecule has 0 aliphatic heterocycles. The minimum Gasteiger partial charge on any atom is -0.332 e. The number of carbonyl (C=O) groups is 2. The number of rotatable bonds is 6. The molecule has 0 aliphatic rings. The molecule has 0 aromatic rings. The molecule has 1 amide bonds. The standard InChI is InChI=1S/C12H21NO2/c1-6-12(15)13(7-9(2)3)8-11(14)10(4)5/h6,9-10H,1,7-8H2,2-5H3. The lowest BCUT2D eigenvalue weighted by Gasteiger charge is -2.23. The normalized spacial score (nSPS) is 10.5. The van der Waals surface area contributed by atoms with Crippen molar-refractivity contribution in [2.75, 3.05) is 13.1 Å². The van der Waals surface area contributed by atoms with Crippen LogP contribution >= 0.6 is 0 Å². The van der Waals surface area contributed by atoms with Gasteiger partial charge in [0, 0.05) is 12.5 Å². The van der Waals surface area contributed by atoms with Crippen molar-refractivity contribution < 1.29 is 9.59 Å². The SMILES string of the molecule is C=CC(=O)N(CC(=O)C(C)C)CC(C)C. The fraction of sp³-hybridized carbons (Fsp3) is 0.667. The van der Waals surface area contributed by atoms with E-state index in [0.29, 0.717) is 12.5 Å². The summed E-state index contributed by atoms with van der Waals surface area (Å²) in [6, 6.07) is 0. The van der Waals surface area contributed by atoms with Crippen molar-refractivity contribution in [2.45, 2.75) is 27.7 Å². The molecule has 86 valence electrons. The number of carbonyl (C=O) groups excluding carboxylic acids is 2. The third-order valence-electron chi connectivity index (χ3n) is 2.06. The Morgan fingerprint density at radius 1 is 1.27 bits per heavy atom. The molecular formula is C12H21NO2. The van der Waals surface area contributed by atoms with Crippen LogP contribution in [0.4, 0.5) is 0 Å². The Morgan fingerprint density at radius 3 is 2.13 bits per heavy atom. The molecule has 0 heterocycles. The van der Waals surface area contributed by atoms with Crippen LogP contribution < -0.4 is 0 Å². The van der Waals surface area contributed by atoms with E-state index in [-0.39, 0.29) is 24.2 Å². The molecule has 0 saturated heterocycles. The van der Waals surface area contributed by atoms with Gasteiger partial charge in [0.2, 0.25) is 5.91 Å². The third-order valence-corrected chi connectivity index (χ3v) is 2.06. The van der Waals surface area contributed by atoms with Gasteiger partial charge < -0.3 is 4.90 Å². The van der Waals surface area contributed by atoms with Crippen molar-refractivity contribution >= 4 is 11.7 Å². The molecule has 0 spiro atoms. The van der Waals surface area contributed by atoms with Crippen molar-refractivity contribution in [1.29, 1.82) is 0 Å². The fourth-order valence-electron chi connectivity index (χ4n) is 1.17. The lowest BCUT2D eigenvalue weighted by molar-refractivity contribution is -0.133. The van der Waals surface area contributed by atoms with Crippen LogP contribution in [0.15, 0.2) is 12.7 Å². The van der Waals surface area contributed by atoms with Crippen LogP contribution in [0.2, 0.25) is 0 Å². The molecule has 3 nitrogen and oxygen atoms in total. The molecule has 0 aromatic carbocycles. The van der Waals surface area contributed by atoms with E-state index in [2.05, 4.69) is 6.58 Å². The molecular weight excluding hydrogens is 190 g/mol. The summed E-state index contributed by atoms with van der Waals surface area (Å²) in [6.45, 7) is 12.0. The molecule has 0 unspecified atom stereocenters. The van der Waals surface area contributed by atoms with Gasteiger partial charge in [0.15, 0.2) is 5.78 Å². The van der Waals surface area contributed by atoms with Gasteiger partial charge in [-0.25, -0.2) is 0 Å². The van der Waals surface area contributed by atoms with Crippen LogP contribution in [0.5, 0.6) is 0 Å². The van der Waals surface area contributed by atoms with Gasteiger partial charge in [-0.05, 0) is 12.0 Å². The lowest BCUT2D eigenvalue weighted by atomic mass is 10.1. The van der Waals surface area contributed by atoms with E-state index in [0.717, 1.165) is 0 Å². The van der Waals surface area contributed by atoms with E-state index in [1.807, 2.05) is 27.7 Å². The first-order valence-electron chi connectivity index (χ1n) is 5.32. The first-order chi connectivity index (χ1) is 6.88. The maximum atomic E-state index is 11.5. The molecule has 0 fully saturated rings. The van der Waals surface area contributed by atoms with Gasteiger partial charge in [0.1, 0.15) is 0 Å². The Morgan fingerprint density at radius 2 is 1.80 bits per heavy atom. The average molecular weight is 211 g/mol. The molecule has 15 heavy (non-hydrogen) atoms. The molecule has 0 radical (unpaired) electrons. The van der Waals surface area contributed by atoms with Crippen LogP contribution in [0.3, 0.4) is 0 Å². The summed E-state index contributed by atoms with van der Waals surface area (Å²) in [5, 5.41) is 0. The zero-order valence-corrected chi connectivity index (χ0v) is 10.1. The Bertz CT molecular complexity index is 244. The average Bonchev–Trinajstić information content (AvgIpc) is 2.14. The van der Waals surface area contributed by atoms with Gasteiger partial charge in [-0.1, -0.05) is 34.3 Å². The Labute approximate surface area is 92.1 Å². The summed E-state index contributed by atoms with van der Waals surface area (Å²) in [4.78, 5) is 24.5. The van der Waals surface area contributed by atoms with Gasteiger partial charge in [0.25, 0.3) is 0 Å². The molecule has 0 atom stereocenters. The number of hydrogen-bond donors (Lipinski definition) is 0. The van der Waals surface area contributed by atoms with Crippen LogP contribution in [-0.4, -0.2) is 29.7 Å². The van der Waals surface area contributed by atoms with Gasteiger partial charge >= 0.3 is 0 Å². The molecule has 0 rings (SSSR count). The second-order valence-electron chi connectivity index (χ2n) is 4.44. The first-order valence-corrected chi connectivity index (χ1v) is 5.32.